The minimum absolute atomic E-state index is 0.171. The van der Waals surface area contributed by atoms with Gasteiger partial charge in [-0.15, -0.1) is 0 Å². The Kier molecular flexibility index (Phi) is 4.48. The maximum atomic E-state index is 13.0. The predicted molar refractivity (Wildman–Crippen MR) is 106 cm³/mol. The molecule has 0 radical (unpaired) electrons. The first kappa shape index (κ1) is 18.0. The third-order valence-electron chi connectivity index (χ3n) is 4.42. The summed E-state index contributed by atoms with van der Waals surface area (Å²) in [5.41, 5.74) is 3.90. The Labute approximate surface area is 161 Å². The lowest BCUT2D eigenvalue weighted by Gasteiger charge is -2.11. The number of rotatable bonds is 4. The zero-order valence-electron chi connectivity index (χ0n) is 15.9. The first-order chi connectivity index (χ1) is 13.4. The molecular weight excluding hydrogens is 356 g/mol. The number of aryl methyl sites for hydroxylation is 2. The summed E-state index contributed by atoms with van der Waals surface area (Å²) >= 11 is 0. The van der Waals surface area contributed by atoms with Crippen LogP contribution in [0.1, 0.15) is 12.5 Å². The van der Waals surface area contributed by atoms with E-state index in [1.165, 1.54) is 10.9 Å². The largest absolute Gasteiger partial charge is 0.392 e. The summed E-state index contributed by atoms with van der Waals surface area (Å²) in [4.78, 5) is 26.7. The van der Waals surface area contributed by atoms with Gasteiger partial charge in [0, 0.05) is 25.0 Å². The van der Waals surface area contributed by atoms with Crippen molar-refractivity contribution in [3.05, 3.63) is 59.0 Å². The number of aliphatic hydroxyl groups is 1. The summed E-state index contributed by atoms with van der Waals surface area (Å²) in [6.07, 6.45) is 6.08. The highest BCUT2D eigenvalue weighted by molar-refractivity contribution is 5.93. The van der Waals surface area contributed by atoms with Crippen molar-refractivity contribution in [1.82, 2.24) is 29.3 Å². The zero-order chi connectivity index (χ0) is 19.8. The Morgan fingerprint density at radius 3 is 2.64 bits per heavy atom. The van der Waals surface area contributed by atoms with Crippen LogP contribution in [0.5, 0.6) is 0 Å². The van der Waals surface area contributed by atoms with Crippen LogP contribution in [-0.4, -0.2) is 40.5 Å². The lowest BCUT2D eigenvalue weighted by molar-refractivity contribution is 0.172. The Morgan fingerprint density at radius 2 is 2.00 bits per heavy atom. The molecule has 142 valence electrons. The molecule has 0 aromatic carbocycles. The topological polar surface area (TPSA) is 98.7 Å². The highest BCUT2D eigenvalue weighted by atomic mass is 16.3. The molecule has 0 aliphatic heterocycles. The van der Waals surface area contributed by atoms with Crippen molar-refractivity contribution in [2.45, 2.75) is 26.5 Å². The summed E-state index contributed by atoms with van der Waals surface area (Å²) < 4.78 is 3.08. The van der Waals surface area contributed by atoms with Crippen LogP contribution >= 0.6 is 0 Å². The predicted octanol–water partition coefficient (Wildman–Crippen LogP) is 1.94. The van der Waals surface area contributed by atoms with Crippen LogP contribution in [0.2, 0.25) is 0 Å². The lowest BCUT2D eigenvalue weighted by Crippen LogP contribution is -2.25. The van der Waals surface area contributed by atoms with Gasteiger partial charge in [0.2, 0.25) is 0 Å². The van der Waals surface area contributed by atoms with E-state index in [-0.39, 0.29) is 12.1 Å². The zero-order valence-corrected chi connectivity index (χ0v) is 15.9. The van der Waals surface area contributed by atoms with E-state index in [0.29, 0.717) is 28.0 Å². The normalized spacial score (nSPS) is 12.4. The monoisotopic (exact) mass is 376 g/mol. The molecule has 0 aliphatic rings. The van der Waals surface area contributed by atoms with Gasteiger partial charge < -0.3 is 5.11 Å². The molecule has 4 rings (SSSR count). The standard InChI is InChI=1S/C20H20N6O2/c1-12-4-5-16(21-7-12)17-6-15-19(18(24-17)14-8-23-25(3)10-14)22-11-26(20(15)28)9-13(2)27/h4-8,10-11,13,27H,9H2,1-3H3/t13-/m0/s1. The van der Waals surface area contributed by atoms with E-state index in [0.717, 1.165) is 11.1 Å². The van der Waals surface area contributed by atoms with E-state index in [2.05, 4.69) is 15.1 Å². The quantitative estimate of drug-likeness (QED) is 0.584. The average Bonchev–Trinajstić information content (AvgIpc) is 3.10. The van der Waals surface area contributed by atoms with E-state index in [9.17, 15) is 9.90 Å². The third-order valence-corrected chi connectivity index (χ3v) is 4.42. The molecule has 4 aromatic rings. The van der Waals surface area contributed by atoms with Crippen LogP contribution in [0.25, 0.3) is 33.5 Å². The van der Waals surface area contributed by atoms with Crippen LogP contribution in [0.15, 0.2) is 47.9 Å². The van der Waals surface area contributed by atoms with Gasteiger partial charge in [0.1, 0.15) is 11.2 Å². The van der Waals surface area contributed by atoms with E-state index in [1.807, 2.05) is 32.3 Å². The molecule has 8 nitrogen and oxygen atoms in total. The number of hydrogen-bond donors (Lipinski definition) is 1. The van der Waals surface area contributed by atoms with E-state index in [4.69, 9.17) is 4.98 Å². The van der Waals surface area contributed by atoms with Gasteiger partial charge in [0.05, 0.1) is 41.9 Å². The number of pyridine rings is 2. The molecule has 0 bridgehead atoms. The van der Waals surface area contributed by atoms with Crippen molar-refractivity contribution in [3.8, 4) is 22.6 Å². The molecule has 0 unspecified atom stereocenters. The molecule has 4 heterocycles. The fourth-order valence-electron chi connectivity index (χ4n) is 3.08. The van der Waals surface area contributed by atoms with Gasteiger partial charge in [-0.3, -0.25) is 19.0 Å². The highest BCUT2D eigenvalue weighted by Gasteiger charge is 2.16. The fraction of sp³-hybridized carbons (Fsp3) is 0.250. The molecule has 0 amide bonds. The van der Waals surface area contributed by atoms with Crippen molar-refractivity contribution in [2.75, 3.05) is 0 Å². The van der Waals surface area contributed by atoms with Crippen molar-refractivity contribution >= 4 is 10.9 Å². The maximum absolute atomic E-state index is 13.0. The Morgan fingerprint density at radius 1 is 1.18 bits per heavy atom. The molecule has 1 atom stereocenters. The molecule has 4 aromatic heterocycles. The third kappa shape index (κ3) is 3.29. The smallest absolute Gasteiger partial charge is 0.261 e. The molecule has 0 fully saturated rings. The molecule has 8 heteroatoms. The van der Waals surface area contributed by atoms with Crippen LogP contribution in [0, 0.1) is 6.92 Å². The summed E-state index contributed by atoms with van der Waals surface area (Å²) in [6, 6.07) is 5.54. The molecule has 0 saturated carbocycles. The van der Waals surface area contributed by atoms with Gasteiger partial charge >= 0.3 is 0 Å². The number of fused-ring (bicyclic) bond motifs is 1. The van der Waals surface area contributed by atoms with E-state index < -0.39 is 6.10 Å². The second-order valence-electron chi connectivity index (χ2n) is 6.93. The number of nitrogens with zero attached hydrogens (tertiary/aromatic N) is 6. The molecular formula is C20H20N6O2. The number of hydrogen-bond acceptors (Lipinski definition) is 6. The first-order valence-corrected chi connectivity index (χ1v) is 8.92. The summed E-state index contributed by atoms with van der Waals surface area (Å²) in [5, 5.41) is 14.3. The fourth-order valence-corrected chi connectivity index (χ4v) is 3.08. The molecule has 28 heavy (non-hydrogen) atoms. The van der Waals surface area contributed by atoms with Crippen LogP contribution < -0.4 is 5.56 Å². The van der Waals surface area contributed by atoms with Crippen molar-refractivity contribution in [1.29, 1.82) is 0 Å². The van der Waals surface area contributed by atoms with Gasteiger partial charge in [-0.1, -0.05) is 6.07 Å². The van der Waals surface area contributed by atoms with Crippen molar-refractivity contribution in [2.24, 2.45) is 7.05 Å². The molecule has 0 aliphatic carbocycles. The van der Waals surface area contributed by atoms with Crippen molar-refractivity contribution < 1.29 is 5.11 Å². The summed E-state index contributed by atoms with van der Waals surface area (Å²) in [6.45, 7) is 3.76. The molecule has 0 saturated heterocycles. The Balaban J connectivity index is 2.01. The second kappa shape index (κ2) is 6.97. The lowest BCUT2D eigenvalue weighted by atomic mass is 10.1. The molecule has 1 N–H and O–H groups in total. The van der Waals surface area contributed by atoms with Gasteiger partial charge in [0.25, 0.3) is 5.56 Å². The van der Waals surface area contributed by atoms with Crippen molar-refractivity contribution in [3.63, 3.8) is 0 Å². The Hall–Kier alpha value is -3.39. The number of aromatic nitrogens is 6. The minimum atomic E-state index is -0.658. The SMILES string of the molecule is Cc1ccc(-c2cc3c(=O)n(C[C@H](C)O)cnc3c(-c3cnn(C)c3)n2)nc1. The van der Waals surface area contributed by atoms with Crippen LogP contribution in [-0.2, 0) is 13.6 Å². The summed E-state index contributed by atoms with van der Waals surface area (Å²) in [7, 11) is 1.82. The average molecular weight is 376 g/mol. The minimum Gasteiger partial charge on any atom is -0.392 e. The van der Waals surface area contributed by atoms with Crippen LogP contribution in [0.4, 0.5) is 0 Å². The number of aliphatic hydroxyl groups excluding tert-OH is 1. The molecule has 0 spiro atoms. The van der Waals surface area contributed by atoms with E-state index in [1.54, 1.807) is 30.1 Å². The van der Waals surface area contributed by atoms with E-state index >= 15 is 0 Å². The van der Waals surface area contributed by atoms with Crippen LogP contribution in [0.3, 0.4) is 0 Å². The Bertz CT molecular complexity index is 1210. The second-order valence-corrected chi connectivity index (χ2v) is 6.93. The van der Waals surface area contributed by atoms with Gasteiger partial charge in [-0.25, -0.2) is 9.97 Å². The first-order valence-electron chi connectivity index (χ1n) is 8.92. The summed E-state index contributed by atoms with van der Waals surface area (Å²) in [5.74, 6) is 0. The maximum Gasteiger partial charge on any atom is 0.261 e. The van der Waals surface area contributed by atoms with Gasteiger partial charge in [-0.05, 0) is 31.5 Å². The highest BCUT2D eigenvalue weighted by Crippen LogP contribution is 2.27. The van der Waals surface area contributed by atoms with Gasteiger partial charge in [-0.2, -0.15) is 5.10 Å². The van der Waals surface area contributed by atoms with Gasteiger partial charge in [0.15, 0.2) is 0 Å².